The van der Waals surface area contributed by atoms with Crippen molar-refractivity contribution in [3.63, 3.8) is 0 Å². The number of carbonyl (C=O) groups excluding carboxylic acids is 2. The molecule has 0 unspecified atom stereocenters. The second kappa shape index (κ2) is 6.83. The first kappa shape index (κ1) is 16.4. The molecule has 2 rings (SSSR count). The SMILES string of the molecule is CC(=O)NCC(=O)Nc1cn([C@@H]2O[C@H](CO)[C@@H](O)[C@H]2O)cn1. The van der Waals surface area contributed by atoms with Gasteiger partial charge in [-0.25, -0.2) is 4.98 Å². The smallest absolute Gasteiger partial charge is 0.244 e. The molecule has 0 saturated carbocycles. The lowest BCUT2D eigenvalue weighted by Crippen LogP contribution is -2.33. The molecule has 22 heavy (non-hydrogen) atoms. The third-order valence-corrected chi connectivity index (χ3v) is 3.18. The van der Waals surface area contributed by atoms with Gasteiger partial charge in [-0.3, -0.25) is 9.59 Å². The van der Waals surface area contributed by atoms with E-state index >= 15 is 0 Å². The number of nitrogens with one attached hydrogen (secondary N) is 2. The summed E-state index contributed by atoms with van der Waals surface area (Å²) in [7, 11) is 0. The number of carbonyl (C=O) groups is 2. The van der Waals surface area contributed by atoms with Gasteiger partial charge in [0.2, 0.25) is 11.8 Å². The number of hydrogen-bond donors (Lipinski definition) is 5. The highest BCUT2D eigenvalue weighted by molar-refractivity contribution is 5.93. The number of aromatic nitrogens is 2. The highest BCUT2D eigenvalue weighted by atomic mass is 16.6. The van der Waals surface area contributed by atoms with E-state index in [1.165, 1.54) is 24.0 Å². The van der Waals surface area contributed by atoms with E-state index in [9.17, 15) is 19.8 Å². The molecule has 5 N–H and O–H groups in total. The molecular formula is C12H18N4O6. The van der Waals surface area contributed by atoms with Gasteiger partial charge in [-0.2, -0.15) is 0 Å². The minimum Gasteiger partial charge on any atom is -0.394 e. The zero-order valence-electron chi connectivity index (χ0n) is 11.8. The van der Waals surface area contributed by atoms with Crippen molar-refractivity contribution in [1.82, 2.24) is 14.9 Å². The Balaban J connectivity index is 1.97. The summed E-state index contributed by atoms with van der Waals surface area (Å²) in [4.78, 5) is 26.2. The van der Waals surface area contributed by atoms with Crippen LogP contribution in [0.5, 0.6) is 0 Å². The van der Waals surface area contributed by atoms with E-state index in [4.69, 9.17) is 9.84 Å². The fourth-order valence-corrected chi connectivity index (χ4v) is 2.06. The monoisotopic (exact) mass is 314 g/mol. The Kier molecular flexibility index (Phi) is 5.08. The van der Waals surface area contributed by atoms with E-state index in [1.54, 1.807) is 0 Å². The van der Waals surface area contributed by atoms with Crippen LogP contribution in [-0.4, -0.2) is 68.1 Å². The van der Waals surface area contributed by atoms with Crippen LogP contribution in [0.4, 0.5) is 5.82 Å². The molecule has 0 bridgehead atoms. The molecule has 1 fully saturated rings. The number of anilines is 1. The first-order chi connectivity index (χ1) is 10.4. The van der Waals surface area contributed by atoms with Crippen LogP contribution in [0.2, 0.25) is 0 Å². The van der Waals surface area contributed by atoms with E-state index in [0.717, 1.165) is 0 Å². The van der Waals surface area contributed by atoms with Crippen LogP contribution in [0, 0.1) is 0 Å². The van der Waals surface area contributed by atoms with Crippen molar-refractivity contribution in [2.45, 2.75) is 31.5 Å². The summed E-state index contributed by atoms with van der Waals surface area (Å²) >= 11 is 0. The summed E-state index contributed by atoms with van der Waals surface area (Å²) in [6.07, 6.45) is -1.52. The Bertz CT molecular complexity index is 547. The standard InChI is InChI=1S/C12H18N4O6/c1-6(18)13-2-9(19)15-8-3-16(5-14-8)12-11(21)10(20)7(4-17)22-12/h3,5,7,10-12,17,20-21H,2,4H2,1H3,(H,13,18)(H,15,19)/t7-,10-,11-,12-/m1/s1. The number of amides is 2. The second-order valence-corrected chi connectivity index (χ2v) is 4.89. The van der Waals surface area contributed by atoms with Gasteiger partial charge in [-0.15, -0.1) is 0 Å². The van der Waals surface area contributed by atoms with Gasteiger partial charge in [0.25, 0.3) is 0 Å². The molecule has 1 aromatic heterocycles. The van der Waals surface area contributed by atoms with Crippen molar-refractivity contribution in [2.75, 3.05) is 18.5 Å². The van der Waals surface area contributed by atoms with Crippen LogP contribution in [0.3, 0.4) is 0 Å². The maximum Gasteiger partial charge on any atom is 0.244 e. The van der Waals surface area contributed by atoms with E-state index < -0.39 is 37.1 Å². The van der Waals surface area contributed by atoms with Crippen LogP contribution in [0.15, 0.2) is 12.5 Å². The molecule has 10 heteroatoms. The molecule has 1 aliphatic heterocycles. The second-order valence-electron chi connectivity index (χ2n) is 4.89. The summed E-state index contributed by atoms with van der Waals surface area (Å²) in [5.41, 5.74) is 0. The summed E-state index contributed by atoms with van der Waals surface area (Å²) in [5.74, 6) is -0.582. The van der Waals surface area contributed by atoms with Gasteiger partial charge in [0, 0.05) is 6.92 Å². The number of hydrogen-bond acceptors (Lipinski definition) is 7. The average molecular weight is 314 g/mol. The number of aliphatic hydroxyl groups is 3. The molecule has 4 atom stereocenters. The Morgan fingerprint density at radius 2 is 2.14 bits per heavy atom. The molecule has 1 aliphatic rings. The Morgan fingerprint density at radius 3 is 2.73 bits per heavy atom. The fourth-order valence-electron chi connectivity index (χ4n) is 2.06. The summed E-state index contributed by atoms with van der Waals surface area (Å²) in [5, 5.41) is 33.4. The lowest BCUT2D eigenvalue weighted by molar-refractivity contribution is -0.122. The predicted molar refractivity (Wildman–Crippen MR) is 72.5 cm³/mol. The van der Waals surface area contributed by atoms with Crippen LogP contribution >= 0.6 is 0 Å². The molecule has 1 saturated heterocycles. The van der Waals surface area contributed by atoms with Crippen LogP contribution in [0.25, 0.3) is 0 Å². The van der Waals surface area contributed by atoms with Crippen molar-refractivity contribution in [3.05, 3.63) is 12.5 Å². The lowest BCUT2D eigenvalue weighted by atomic mass is 10.1. The quantitative estimate of drug-likeness (QED) is 0.406. The zero-order valence-corrected chi connectivity index (χ0v) is 11.8. The largest absolute Gasteiger partial charge is 0.394 e. The number of nitrogens with zero attached hydrogens (tertiary/aromatic N) is 2. The molecule has 2 amide bonds. The minimum absolute atomic E-state index is 0.184. The molecule has 0 spiro atoms. The van der Waals surface area contributed by atoms with Gasteiger partial charge < -0.3 is 35.3 Å². The van der Waals surface area contributed by atoms with Gasteiger partial charge in [-0.05, 0) is 0 Å². The Labute approximate surface area is 125 Å². The summed E-state index contributed by atoms with van der Waals surface area (Å²) in [6.45, 7) is 0.684. The van der Waals surface area contributed by atoms with Crippen LogP contribution < -0.4 is 10.6 Å². The Hall–Kier alpha value is -2.01. The summed E-state index contributed by atoms with van der Waals surface area (Å²) in [6, 6.07) is 0. The highest BCUT2D eigenvalue weighted by Crippen LogP contribution is 2.29. The lowest BCUT2D eigenvalue weighted by Gasteiger charge is -2.15. The Morgan fingerprint density at radius 1 is 1.41 bits per heavy atom. The first-order valence-corrected chi connectivity index (χ1v) is 6.62. The number of rotatable bonds is 5. The maximum atomic E-state index is 11.5. The highest BCUT2D eigenvalue weighted by Gasteiger charge is 2.43. The van der Waals surface area contributed by atoms with E-state index in [0.29, 0.717) is 0 Å². The fraction of sp³-hybridized carbons (Fsp3) is 0.583. The van der Waals surface area contributed by atoms with E-state index in [-0.39, 0.29) is 18.3 Å². The topological polar surface area (TPSA) is 146 Å². The number of imidazole rings is 1. The van der Waals surface area contributed by atoms with E-state index in [1.807, 2.05) is 0 Å². The van der Waals surface area contributed by atoms with Gasteiger partial charge >= 0.3 is 0 Å². The summed E-state index contributed by atoms with van der Waals surface area (Å²) < 4.78 is 6.69. The third-order valence-electron chi connectivity index (χ3n) is 3.18. The molecule has 1 aromatic rings. The first-order valence-electron chi connectivity index (χ1n) is 6.62. The van der Waals surface area contributed by atoms with Crippen molar-refractivity contribution in [2.24, 2.45) is 0 Å². The number of aliphatic hydroxyl groups excluding tert-OH is 3. The normalized spacial score (nSPS) is 27.6. The van der Waals surface area contributed by atoms with Crippen LogP contribution in [-0.2, 0) is 14.3 Å². The number of ether oxygens (including phenoxy) is 1. The molecule has 0 radical (unpaired) electrons. The molecular weight excluding hydrogens is 296 g/mol. The molecule has 10 nitrogen and oxygen atoms in total. The van der Waals surface area contributed by atoms with Gasteiger partial charge in [-0.1, -0.05) is 0 Å². The average Bonchev–Trinajstić information content (AvgIpc) is 3.03. The van der Waals surface area contributed by atoms with Crippen LogP contribution in [0.1, 0.15) is 13.2 Å². The van der Waals surface area contributed by atoms with Gasteiger partial charge in [0.05, 0.1) is 25.7 Å². The van der Waals surface area contributed by atoms with Crippen molar-refractivity contribution in [3.8, 4) is 0 Å². The third kappa shape index (κ3) is 3.60. The maximum absolute atomic E-state index is 11.5. The van der Waals surface area contributed by atoms with E-state index in [2.05, 4.69) is 15.6 Å². The van der Waals surface area contributed by atoms with Gasteiger partial charge in [0.1, 0.15) is 18.3 Å². The van der Waals surface area contributed by atoms with Crippen molar-refractivity contribution in [1.29, 1.82) is 0 Å². The minimum atomic E-state index is -1.23. The molecule has 0 aromatic carbocycles. The van der Waals surface area contributed by atoms with Gasteiger partial charge in [0.15, 0.2) is 12.0 Å². The molecule has 122 valence electrons. The molecule has 2 heterocycles. The van der Waals surface area contributed by atoms with Crippen molar-refractivity contribution < 1.29 is 29.6 Å². The molecule has 0 aliphatic carbocycles. The zero-order chi connectivity index (χ0) is 16.3. The van der Waals surface area contributed by atoms with Crippen molar-refractivity contribution >= 4 is 17.6 Å². The predicted octanol–water partition coefficient (Wildman–Crippen LogP) is -2.43.